The zero-order valence-electron chi connectivity index (χ0n) is 9.67. The minimum Gasteiger partial charge on any atom is -0.364 e. The van der Waals surface area contributed by atoms with E-state index >= 15 is 0 Å². The number of anilines is 1. The second-order valence-corrected chi connectivity index (χ2v) is 4.29. The second kappa shape index (κ2) is 4.75. The molecule has 90 valence electrons. The molecule has 0 unspecified atom stereocenters. The molecule has 1 aromatic carbocycles. The Morgan fingerprint density at radius 2 is 2.18 bits per heavy atom. The molecule has 0 bridgehead atoms. The van der Waals surface area contributed by atoms with Crippen LogP contribution in [-0.4, -0.2) is 9.78 Å². The average Bonchev–Trinajstić information content (AvgIpc) is 2.60. The summed E-state index contributed by atoms with van der Waals surface area (Å²) in [5.74, 6) is 0.466. The molecule has 3 nitrogen and oxygen atoms in total. The summed E-state index contributed by atoms with van der Waals surface area (Å²) >= 11 is 5.97. The van der Waals surface area contributed by atoms with Gasteiger partial charge in [0.1, 0.15) is 11.6 Å². The van der Waals surface area contributed by atoms with Crippen LogP contribution in [0.4, 0.5) is 10.2 Å². The SMILES string of the molecule is Cc1cc(NCc2cc(F)ccc2Cl)nn1C. The van der Waals surface area contributed by atoms with Crippen LogP contribution in [0.25, 0.3) is 0 Å². The molecule has 0 saturated carbocycles. The molecule has 0 saturated heterocycles. The standard InChI is InChI=1S/C12H13ClFN3/c1-8-5-12(16-17(8)2)15-7-9-6-10(14)3-4-11(9)13/h3-6H,7H2,1-2H3,(H,15,16). The highest BCUT2D eigenvalue weighted by atomic mass is 35.5. The van der Waals surface area contributed by atoms with Crippen LogP contribution in [-0.2, 0) is 13.6 Å². The number of aryl methyl sites for hydroxylation is 2. The molecular weight excluding hydrogens is 241 g/mol. The average molecular weight is 254 g/mol. The molecule has 2 aromatic rings. The molecule has 2 rings (SSSR count). The fraction of sp³-hybridized carbons (Fsp3) is 0.250. The van der Waals surface area contributed by atoms with Crippen molar-refractivity contribution >= 4 is 17.4 Å². The monoisotopic (exact) mass is 253 g/mol. The summed E-state index contributed by atoms with van der Waals surface area (Å²) in [6, 6.07) is 6.24. The molecule has 0 aliphatic rings. The van der Waals surface area contributed by atoms with E-state index in [1.807, 2.05) is 20.0 Å². The van der Waals surface area contributed by atoms with E-state index in [1.165, 1.54) is 12.1 Å². The molecule has 5 heteroatoms. The quantitative estimate of drug-likeness (QED) is 0.911. The number of hydrogen-bond acceptors (Lipinski definition) is 2. The van der Waals surface area contributed by atoms with Crippen molar-refractivity contribution in [2.45, 2.75) is 13.5 Å². The highest BCUT2D eigenvalue weighted by molar-refractivity contribution is 6.31. The van der Waals surface area contributed by atoms with Gasteiger partial charge in [0, 0.05) is 30.4 Å². The van der Waals surface area contributed by atoms with E-state index in [-0.39, 0.29) is 5.82 Å². The van der Waals surface area contributed by atoms with E-state index in [0.717, 1.165) is 17.1 Å². The smallest absolute Gasteiger partial charge is 0.148 e. The van der Waals surface area contributed by atoms with Crippen molar-refractivity contribution in [3.05, 3.63) is 46.4 Å². The lowest BCUT2D eigenvalue weighted by atomic mass is 10.2. The number of nitrogens with one attached hydrogen (secondary N) is 1. The Bertz CT molecular complexity index is 517. The van der Waals surface area contributed by atoms with Crippen LogP contribution in [0.15, 0.2) is 24.3 Å². The third-order valence-corrected chi connectivity index (χ3v) is 2.95. The van der Waals surface area contributed by atoms with Gasteiger partial charge in [0.25, 0.3) is 0 Å². The number of nitrogens with zero attached hydrogens (tertiary/aromatic N) is 2. The minimum atomic E-state index is -0.289. The molecule has 17 heavy (non-hydrogen) atoms. The van der Waals surface area contributed by atoms with Gasteiger partial charge in [0.2, 0.25) is 0 Å². The fourth-order valence-electron chi connectivity index (χ4n) is 1.51. The summed E-state index contributed by atoms with van der Waals surface area (Å²) in [7, 11) is 1.87. The van der Waals surface area contributed by atoms with E-state index in [1.54, 1.807) is 10.7 Å². The first-order chi connectivity index (χ1) is 8.06. The van der Waals surface area contributed by atoms with Crippen molar-refractivity contribution in [3.63, 3.8) is 0 Å². The molecule has 0 spiro atoms. The van der Waals surface area contributed by atoms with Crippen molar-refractivity contribution in [1.29, 1.82) is 0 Å². The molecule has 0 atom stereocenters. The predicted octanol–water partition coefficient (Wildman–Crippen LogP) is 3.13. The summed E-state index contributed by atoms with van der Waals surface area (Å²) in [6.07, 6.45) is 0. The fourth-order valence-corrected chi connectivity index (χ4v) is 1.70. The van der Waals surface area contributed by atoms with E-state index in [9.17, 15) is 4.39 Å². The lowest BCUT2D eigenvalue weighted by Crippen LogP contribution is -2.02. The van der Waals surface area contributed by atoms with Gasteiger partial charge in [0.15, 0.2) is 0 Å². The number of halogens is 2. The van der Waals surface area contributed by atoms with Crippen LogP contribution in [0.2, 0.25) is 5.02 Å². The van der Waals surface area contributed by atoms with Gasteiger partial charge in [-0.25, -0.2) is 4.39 Å². The lowest BCUT2D eigenvalue weighted by molar-refractivity contribution is 0.626. The third kappa shape index (κ3) is 2.77. The van der Waals surface area contributed by atoms with E-state index in [2.05, 4.69) is 10.4 Å². The maximum absolute atomic E-state index is 13.0. The number of hydrogen-bond donors (Lipinski definition) is 1. The molecule has 0 fully saturated rings. The van der Waals surface area contributed by atoms with Gasteiger partial charge in [-0.05, 0) is 30.7 Å². The van der Waals surface area contributed by atoms with Gasteiger partial charge in [-0.3, -0.25) is 4.68 Å². The molecule has 0 amide bonds. The van der Waals surface area contributed by atoms with Crippen molar-refractivity contribution in [1.82, 2.24) is 9.78 Å². The molecular formula is C12H13ClFN3. The third-order valence-electron chi connectivity index (χ3n) is 2.58. The normalized spacial score (nSPS) is 10.6. The molecule has 0 aliphatic heterocycles. The van der Waals surface area contributed by atoms with Gasteiger partial charge in [0.05, 0.1) is 0 Å². The van der Waals surface area contributed by atoms with Gasteiger partial charge < -0.3 is 5.32 Å². The summed E-state index contributed by atoms with van der Waals surface area (Å²) < 4.78 is 14.8. The van der Waals surface area contributed by atoms with Crippen molar-refractivity contribution in [3.8, 4) is 0 Å². The van der Waals surface area contributed by atoms with Gasteiger partial charge in [-0.15, -0.1) is 0 Å². The molecule has 0 radical (unpaired) electrons. The van der Waals surface area contributed by atoms with Crippen LogP contribution < -0.4 is 5.32 Å². The summed E-state index contributed by atoms with van der Waals surface area (Å²) in [5.41, 5.74) is 1.77. The second-order valence-electron chi connectivity index (χ2n) is 3.88. The highest BCUT2D eigenvalue weighted by Gasteiger charge is 2.04. The molecule has 0 aliphatic carbocycles. The Kier molecular flexibility index (Phi) is 3.33. The number of rotatable bonds is 3. The van der Waals surface area contributed by atoms with E-state index < -0.39 is 0 Å². The Labute approximate surface area is 104 Å². The zero-order chi connectivity index (χ0) is 12.4. The summed E-state index contributed by atoms with van der Waals surface area (Å²) in [4.78, 5) is 0. The van der Waals surface area contributed by atoms with Crippen LogP contribution in [0.5, 0.6) is 0 Å². The maximum atomic E-state index is 13.0. The Balaban J connectivity index is 2.09. The number of benzene rings is 1. The van der Waals surface area contributed by atoms with Gasteiger partial charge in [-0.1, -0.05) is 11.6 Å². The van der Waals surface area contributed by atoms with Gasteiger partial charge in [-0.2, -0.15) is 5.10 Å². The molecule has 1 heterocycles. The van der Waals surface area contributed by atoms with Crippen molar-refractivity contribution < 1.29 is 4.39 Å². The first kappa shape index (κ1) is 11.9. The first-order valence-electron chi connectivity index (χ1n) is 5.24. The van der Waals surface area contributed by atoms with E-state index in [4.69, 9.17) is 11.6 Å². The van der Waals surface area contributed by atoms with Crippen LogP contribution in [0.3, 0.4) is 0 Å². The van der Waals surface area contributed by atoms with Crippen LogP contribution in [0.1, 0.15) is 11.3 Å². The minimum absolute atomic E-state index is 0.289. The Morgan fingerprint density at radius 1 is 1.41 bits per heavy atom. The summed E-state index contributed by atoms with van der Waals surface area (Å²) in [5, 5.41) is 7.90. The number of aromatic nitrogens is 2. The molecule has 1 N–H and O–H groups in total. The zero-order valence-corrected chi connectivity index (χ0v) is 10.4. The first-order valence-corrected chi connectivity index (χ1v) is 5.62. The van der Waals surface area contributed by atoms with E-state index in [0.29, 0.717) is 11.6 Å². The Hall–Kier alpha value is -1.55. The topological polar surface area (TPSA) is 29.9 Å². The maximum Gasteiger partial charge on any atom is 0.148 e. The largest absolute Gasteiger partial charge is 0.364 e. The van der Waals surface area contributed by atoms with Gasteiger partial charge >= 0.3 is 0 Å². The van der Waals surface area contributed by atoms with Crippen molar-refractivity contribution in [2.75, 3.05) is 5.32 Å². The highest BCUT2D eigenvalue weighted by Crippen LogP contribution is 2.18. The Morgan fingerprint density at radius 3 is 2.82 bits per heavy atom. The van der Waals surface area contributed by atoms with Crippen molar-refractivity contribution in [2.24, 2.45) is 7.05 Å². The van der Waals surface area contributed by atoms with Crippen LogP contribution >= 0.6 is 11.6 Å². The predicted molar refractivity (Wildman–Crippen MR) is 66.7 cm³/mol. The summed E-state index contributed by atoms with van der Waals surface area (Å²) in [6.45, 7) is 2.42. The molecule has 1 aromatic heterocycles. The van der Waals surface area contributed by atoms with Crippen LogP contribution in [0, 0.1) is 12.7 Å². The lowest BCUT2D eigenvalue weighted by Gasteiger charge is -2.05.